The summed E-state index contributed by atoms with van der Waals surface area (Å²) in [4.78, 5) is 11.6. The lowest BCUT2D eigenvalue weighted by molar-refractivity contribution is 0.0599. The number of methoxy groups -OCH3 is 1. The number of sulfone groups is 1. The molecule has 6 heteroatoms. The van der Waals surface area contributed by atoms with E-state index in [1.54, 1.807) is 13.0 Å². The topological polar surface area (TPSA) is 69.7 Å². The van der Waals surface area contributed by atoms with Crippen molar-refractivity contribution >= 4 is 15.8 Å². The van der Waals surface area contributed by atoms with E-state index in [9.17, 15) is 13.2 Å². The maximum atomic E-state index is 11.8. The third-order valence-electron chi connectivity index (χ3n) is 2.85. The van der Waals surface area contributed by atoms with Gasteiger partial charge in [0.15, 0.2) is 9.84 Å². The number of benzene rings is 1. The molecular weight excluding hydrogens is 280 g/mol. The van der Waals surface area contributed by atoms with Crippen molar-refractivity contribution in [3.05, 3.63) is 23.3 Å². The highest BCUT2D eigenvalue weighted by molar-refractivity contribution is 7.90. The Morgan fingerprint density at radius 1 is 1.30 bits per heavy atom. The molecule has 0 aromatic heterocycles. The highest BCUT2D eigenvalue weighted by atomic mass is 32.2. The summed E-state index contributed by atoms with van der Waals surface area (Å²) < 4.78 is 33.8. The average Bonchev–Trinajstić information content (AvgIpc) is 2.37. The Bertz CT molecular complexity index is 590. The Balaban J connectivity index is 3.30. The van der Waals surface area contributed by atoms with E-state index in [4.69, 9.17) is 4.74 Å². The van der Waals surface area contributed by atoms with Crippen LogP contribution in [0.1, 0.15) is 35.7 Å². The number of hydrogen-bond acceptors (Lipinski definition) is 5. The number of rotatable bonds is 6. The normalized spacial score (nSPS) is 11.2. The predicted octanol–water partition coefficient (Wildman–Crippen LogP) is 2.36. The first-order valence-corrected chi connectivity index (χ1v) is 8.26. The largest absolute Gasteiger partial charge is 0.492 e. The molecule has 20 heavy (non-hydrogen) atoms. The second-order valence-corrected chi connectivity index (χ2v) is 6.56. The van der Waals surface area contributed by atoms with E-state index in [0.29, 0.717) is 12.2 Å². The van der Waals surface area contributed by atoms with Gasteiger partial charge < -0.3 is 9.47 Å². The fraction of sp³-hybridized carbons (Fsp3) is 0.500. The third kappa shape index (κ3) is 3.96. The first kappa shape index (κ1) is 16.5. The van der Waals surface area contributed by atoms with Gasteiger partial charge in [-0.3, -0.25) is 0 Å². The number of ether oxygens (including phenoxy) is 2. The molecular formula is C14H20O5S. The van der Waals surface area contributed by atoms with Gasteiger partial charge in [0.2, 0.25) is 0 Å². The van der Waals surface area contributed by atoms with Crippen molar-refractivity contribution in [1.82, 2.24) is 0 Å². The lowest BCUT2D eigenvalue weighted by Crippen LogP contribution is -2.10. The molecule has 0 radical (unpaired) electrons. The zero-order valence-corrected chi connectivity index (χ0v) is 13.0. The second-order valence-electron chi connectivity index (χ2n) is 4.58. The molecule has 0 amide bonds. The van der Waals surface area contributed by atoms with Crippen LogP contribution >= 0.6 is 0 Å². The average molecular weight is 300 g/mol. The van der Waals surface area contributed by atoms with Crippen molar-refractivity contribution in [2.24, 2.45) is 0 Å². The second kappa shape index (κ2) is 6.74. The van der Waals surface area contributed by atoms with Crippen molar-refractivity contribution in [2.75, 3.05) is 20.0 Å². The van der Waals surface area contributed by atoms with Gasteiger partial charge in [-0.05, 0) is 31.0 Å². The maximum Gasteiger partial charge on any atom is 0.338 e. The zero-order valence-electron chi connectivity index (χ0n) is 12.2. The van der Waals surface area contributed by atoms with Gasteiger partial charge in [0.1, 0.15) is 10.6 Å². The molecule has 0 aliphatic rings. The minimum Gasteiger partial charge on any atom is -0.492 e. The smallest absolute Gasteiger partial charge is 0.338 e. The highest BCUT2D eigenvalue weighted by Crippen LogP contribution is 2.28. The Kier molecular flexibility index (Phi) is 5.56. The first-order chi connectivity index (χ1) is 9.31. The summed E-state index contributed by atoms with van der Waals surface area (Å²) >= 11 is 0. The van der Waals surface area contributed by atoms with Crippen LogP contribution in [0.3, 0.4) is 0 Å². The fourth-order valence-electron chi connectivity index (χ4n) is 1.72. The fourth-order valence-corrected chi connectivity index (χ4v) is 2.54. The Morgan fingerprint density at radius 3 is 2.45 bits per heavy atom. The van der Waals surface area contributed by atoms with Crippen molar-refractivity contribution in [3.8, 4) is 5.75 Å². The molecule has 0 spiro atoms. The number of esters is 1. The zero-order chi connectivity index (χ0) is 15.3. The van der Waals surface area contributed by atoms with Gasteiger partial charge in [-0.1, -0.05) is 13.3 Å². The van der Waals surface area contributed by atoms with E-state index in [-0.39, 0.29) is 16.2 Å². The molecule has 0 atom stereocenters. The Hall–Kier alpha value is -1.56. The number of unbranched alkanes of at least 4 members (excludes halogenated alkanes) is 1. The van der Waals surface area contributed by atoms with Crippen LogP contribution in [0.5, 0.6) is 5.75 Å². The summed E-state index contributed by atoms with van der Waals surface area (Å²) in [7, 11) is -2.23. The van der Waals surface area contributed by atoms with E-state index in [0.717, 1.165) is 19.1 Å². The molecule has 0 saturated carbocycles. The van der Waals surface area contributed by atoms with Gasteiger partial charge in [0, 0.05) is 6.26 Å². The van der Waals surface area contributed by atoms with Crippen LogP contribution in [0.25, 0.3) is 0 Å². The number of aryl methyl sites for hydroxylation is 1. The van der Waals surface area contributed by atoms with E-state index in [2.05, 4.69) is 4.74 Å². The molecule has 0 aliphatic heterocycles. The molecule has 0 unspecified atom stereocenters. The molecule has 0 bridgehead atoms. The third-order valence-corrected chi connectivity index (χ3v) is 3.97. The number of carbonyl (C=O) groups is 1. The molecule has 5 nitrogen and oxygen atoms in total. The summed E-state index contributed by atoms with van der Waals surface area (Å²) in [5.41, 5.74) is 0.853. The standard InChI is InChI=1S/C14H20O5S/c1-5-6-7-19-12-8-10(2)11(14(15)18-3)9-13(12)20(4,16)17/h8-9H,5-7H2,1-4H3. The van der Waals surface area contributed by atoms with Crippen molar-refractivity contribution in [3.63, 3.8) is 0 Å². The summed E-state index contributed by atoms with van der Waals surface area (Å²) in [5.74, 6) is -0.279. The van der Waals surface area contributed by atoms with Crippen LogP contribution in [-0.4, -0.2) is 34.4 Å². The number of hydrogen-bond donors (Lipinski definition) is 0. The van der Waals surface area contributed by atoms with Gasteiger partial charge in [0.25, 0.3) is 0 Å². The molecule has 0 N–H and O–H groups in total. The summed E-state index contributed by atoms with van der Waals surface area (Å²) in [6.45, 7) is 4.17. The molecule has 1 aromatic carbocycles. The molecule has 0 heterocycles. The van der Waals surface area contributed by atoms with Crippen LogP contribution in [0, 0.1) is 6.92 Å². The molecule has 0 fully saturated rings. The predicted molar refractivity (Wildman–Crippen MR) is 76.0 cm³/mol. The van der Waals surface area contributed by atoms with E-state index in [1.807, 2.05) is 6.92 Å². The van der Waals surface area contributed by atoms with E-state index >= 15 is 0 Å². The SMILES string of the molecule is CCCCOc1cc(C)c(C(=O)OC)cc1S(C)(=O)=O. The van der Waals surface area contributed by atoms with Gasteiger partial charge in [-0.25, -0.2) is 13.2 Å². The van der Waals surface area contributed by atoms with Gasteiger partial charge in [-0.2, -0.15) is 0 Å². The summed E-state index contributed by atoms with van der Waals surface area (Å²) in [6, 6.07) is 2.88. The van der Waals surface area contributed by atoms with Crippen LogP contribution in [0.15, 0.2) is 17.0 Å². The van der Waals surface area contributed by atoms with Crippen molar-refractivity contribution < 1.29 is 22.7 Å². The number of carbonyl (C=O) groups excluding carboxylic acids is 1. The minimum atomic E-state index is -3.48. The molecule has 1 aromatic rings. The monoisotopic (exact) mass is 300 g/mol. The minimum absolute atomic E-state index is 0.0135. The Morgan fingerprint density at radius 2 is 1.95 bits per heavy atom. The highest BCUT2D eigenvalue weighted by Gasteiger charge is 2.20. The maximum absolute atomic E-state index is 11.8. The Labute approximate surface area is 119 Å². The molecule has 0 saturated heterocycles. The lowest BCUT2D eigenvalue weighted by atomic mass is 10.1. The van der Waals surface area contributed by atoms with E-state index in [1.165, 1.54) is 13.2 Å². The molecule has 1 rings (SSSR count). The molecule has 0 aliphatic carbocycles. The van der Waals surface area contributed by atoms with Crippen molar-refractivity contribution in [2.45, 2.75) is 31.6 Å². The van der Waals surface area contributed by atoms with Crippen molar-refractivity contribution in [1.29, 1.82) is 0 Å². The van der Waals surface area contributed by atoms with E-state index < -0.39 is 15.8 Å². The van der Waals surface area contributed by atoms with Crippen LogP contribution in [0.2, 0.25) is 0 Å². The van der Waals surface area contributed by atoms with Gasteiger partial charge in [-0.15, -0.1) is 0 Å². The van der Waals surface area contributed by atoms with Gasteiger partial charge >= 0.3 is 5.97 Å². The first-order valence-electron chi connectivity index (χ1n) is 6.37. The van der Waals surface area contributed by atoms with Gasteiger partial charge in [0.05, 0.1) is 19.3 Å². The van der Waals surface area contributed by atoms with Crippen LogP contribution in [0.4, 0.5) is 0 Å². The van der Waals surface area contributed by atoms with Crippen LogP contribution in [-0.2, 0) is 14.6 Å². The van der Waals surface area contributed by atoms with Crippen LogP contribution < -0.4 is 4.74 Å². The molecule has 112 valence electrons. The summed E-state index contributed by atoms with van der Waals surface area (Å²) in [6.07, 6.45) is 2.87. The lowest BCUT2D eigenvalue weighted by Gasteiger charge is -2.13. The summed E-state index contributed by atoms with van der Waals surface area (Å²) in [5, 5.41) is 0. The quantitative estimate of drug-likeness (QED) is 0.596.